The molecule has 1 aromatic heterocycles. The summed E-state index contributed by atoms with van der Waals surface area (Å²) in [5.74, 6) is 0.553. The second kappa shape index (κ2) is 8.50. The number of anilines is 1. The summed E-state index contributed by atoms with van der Waals surface area (Å²) in [6.07, 6.45) is 7.87. The minimum absolute atomic E-state index is 0.0768. The number of hydrogen-bond acceptors (Lipinski definition) is 4. The highest BCUT2D eigenvalue weighted by molar-refractivity contribution is 5.55. The predicted molar refractivity (Wildman–Crippen MR) is 76.4 cm³/mol. The van der Waals surface area contributed by atoms with Crippen molar-refractivity contribution in [3.05, 3.63) is 16.3 Å². The van der Waals surface area contributed by atoms with Crippen LogP contribution in [-0.2, 0) is 6.54 Å². The molecular formula is C13H24N4O2. The lowest BCUT2D eigenvalue weighted by Gasteiger charge is -2.08. The number of aromatic nitrogens is 2. The van der Waals surface area contributed by atoms with Gasteiger partial charge in [-0.1, -0.05) is 39.5 Å². The third-order valence-corrected chi connectivity index (χ3v) is 3.06. The van der Waals surface area contributed by atoms with Gasteiger partial charge in [-0.2, -0.15) is 5.10 Å². The van der Waals surface area contributed by atoms with Crippen LogP contribution in [0.2, 0.25) is 0 Å². The molecule has 0 aliphatic heterocycles. The van der Waals surface area contributed by atoms with Gasteiger partial charge in [0.15, 0.2) is 0 Å². The topological polar surface area (TPSA) is 73.0 Å². The van der Waals surface area contributed by atoms with Gasteiger partial charge in [-0.3, -0.25) is 10.1 Å². The number of rotatable bonds is 10. The summed E-state index contributed by atoms with van der Waals surface area (Å²) < 4.78 is 1.72. The molecule has 6 nitrogen and oxygen atoms in total. The highest BCUT2D eigenvalue weighted by Gasteiger charge is 2.19. The molecule has 0 radical (unpaired) electrons. The largest absolute Gasteiger partial charge is 0.365 e. The quantitative estimate of drug-likeness (QED) is 0.400. The van der Waals surface area contributed by atoms with Crippen LogP contribution in [0, 0.1) is 10.1 Å². The van der Waals surface area contributed by atoms with Crippen molar-refractivity contribution in [1.82, 2.24) is 9.78 Å². The lowest BCUT2D eigenvalue weighted by Crippen LogP contribution is -2.10. The first-order chi connectivity index (χ1) is 9.20. The van der Waals surface area contributed by atoms with Crippen molar-refractivity contribution in [2.24, 2.45) is 0 Å². The van der Waals surface area contributed by atoms with Crippen molar-refractivity contribution in [3.63, 3.8) is 0 Å². The van der Waals surface area contributed by atoms with Crippen molar-refractivity contribution >= 4 is 11.5 Å². The van der Waals surface area contributed by atoms with E-state index in [2.05, 4.69) is 24.3 Å². The maximum absolute atomic E-state index is 11.0. The van der Waals surface area contributed by atoms with Crippen molar-refractivity contribution in [3.8, 4) is 0 Å². The van der Waals surface area contributed by atoms with Crippen LogP contribution < -0.4 is 5.32 Å². The average molecular weight is 268 g/mol. The summed E-state index contributed by atoms with van der Waals surface area (Å²) >= 11 is 0. The molecule has 0 unspecified atom stereocenters. The third kappa shape index (κ3) is 4.89. The maximum atomic E-state index is 11.0. The van der Waals surface area contributed by atoms with Crippen molar-refractivity contribution in [1.29, 1.82) is 0 Å². The molecule has 0 spiro atoms. The molecule has 0 saturated carbocycles. The molecule has 0 fully saturated rings. The summed E-state index contributed by atoms with van der Waals surface area (Å²) in [6.45, 7) is 5.76. The van der Waals surface area contributed by atoms with Crippen molar-refractivity contribution in [2.45, 2.75) is 58.9 Å². The van der Waals surface area contributed by atoms with Crippen LogP contribution in [0.5, 0.6) is 0 Å². The Labute approximate surface area is 114 Å². The molecular weight excluding hydrogens is 244 g/mol. The van der Waals surface area contributed by atoms with Gasteiger partial charge >= 0.3 is 5.69 Å². The van der Waals surface area contributed by atoms with Gasteiger partial charge in [0.05, 0.1) is 4.92 Å². The Balaban J connectivity index is 2.65. The molecule has 108 valence electrons. The molecule has 0 aromatic carbocycles. The number of nitro groups is 1. The van der Waals surface area contributed by atoms with E-state index in [0.717, 1.165) is 51.6 Å². The zero-order valence-electron chi connectivity index (χ0n) is 11.9. The Morgan fingerprint density at radius 2 is 1.95 bits per heavy atom. The van der Waals surface area contributed by atoms with Gasteiger partial charge in [0.2, 0.25) is 5.82 Å². The van der Waals surface area contributed by atoms with E-state index in [1.54, 1.807) is 4.68 Å². The second-order valence-corrected chi connectivity index (χ2v) is 4.70. The number of nitrogens with one attached hydrogen (secondary N) is 1. The fourth-order valence-corrected chi connectivity index (χ4v) is 1.95. The highest BCUT2D eigenvalue weighted by atomic mass is 16.6. The van der Waals surface area contributed by atoms with Gasteiger partial charge in [-0.05, 0) is 12.8 Å². The fourth-order valence-electron chi connectivity index (χ4n) is 1.95. The molecule has 0 aliphatic rings. The van der Waals surface area contributed by atoms with Crippen LogP contribution in [0.15, 0.2) is 6.20 Å². The molecule has 0 amide bonds. The summed E-state index contributed by atoms with van der Waals surface area (Å²) in [5.41, 5.74) is 0.0768. The smallest absolute Gasteiger partial charge is 0.330 e. The van der Waals surface area contributed by atoms with E-state index in [-0.39, 0.29) is 10.6 Å². The second-order valence-electron chi connectivity index (χ2n) is 4.70. The Kier molecular flexibility index (Phi) is 6.92. The zero-order chi connectivity index (χ0) is 14.1. The first-order valence-corrected chi connectivity index (χ1v) is 7.14. The van der Waals surface area contributed by atoms with E-state index in [1.807, 2.05) is 0 Å². The Morgan fingerprint density at radius 3 is 2.58 bits per heavy atom. The molecule has 6 heteroatoms. The minimum Gasteiger partial charge on any atom is -0.365 e. The highest BCUT2D eigenvalue weighted by Crippen LogP contribution is 2.24. The normalized spacial score (nSPS) is 10.6. The number of hydrogen-bond donors (Lipinski definition) is 1. The predicted octanol–water partition coefficient (Wildman–Crippen LogP) is 3.58. The SMILES string of the molecule is CCCCCNc1c([N+](=O)[O-])cnn1CCCCC. The summed E-state index contributed by atoms with van der Waals surface area (Å²) in [5, 5.41) is 18.3. The minimum atomic E-state index is -0.370. The molecule has 1 N–H and O–H groups in total. The lowest BCUT2D eigenvalue weighted by molar-refractivity contribution is -0.384. The van der Waals surface area contributed by atoms with Gasteiger partial charge in [-0.15, -0.1) is 0 Å². The first kappa shape index (κ1) is 15.5. The third-order valence-electron chi connectivity index (χ3n) is 3.06. The summed E-state index contributed by atoms with van der Waals surface area (Å²) in [7, 11) is 0. The Morgan fingerprint density at radius 1 is 1.26 bits per heavy atom. The van der Waals surface area contributed by atoms with Gasteiger partial charge in [0.25, 0.3) is 0 Å². The van der Waals surface area contributed by atoms with Gasteiger partial charge in [0.1, 0.15) is 6.20 Å². The van der Waals surface area contributed by atoms with E-state index in [0.29, 0.717) is 5.82 Å². The van der Waals surface area contributed by atoms with Crippen LogP contribution in [0.3, 0.4) is 0 Å². The molecule has 0 saturated heterocycles. The summed E-state index contributed by atoms with van der Waals surface area (Å²) in [4.78, 5) is 10.6. The van der Waals surface area contributed by atoms with Crippen LogP contribution >= 0.6 is 0 Å². The standard InChI is InChI=1S/C13H24N4O2/c1-3-5-7-9-14-13-12(17(18)19)11-15-16(13)10-8-6-4-2/h11,14H,3-10H2,1-2H3. The number of unbranched alkanes of at least 4 members (excludes halogenated alkanes) is 4. The molecule has 1 heterocycles. The van der Waals surface area contributed by atoms with Crippen LogP contribution in [-0.4, -0.2) is 21.2 Å². The van der Waals surface area contributed by atoms with Crippen LogP contribution in [0.25, 0.3) is 0 Å². The molecule has 1 rings (SSSR count). The van der Waals surface area contributed by atoms with Crippen molar-refractivity contribution < 1.29 is 4.92 Å². The number of aryl methyl sites for hydroxylation is 1. The molecule has 0 atom stereocenters. The first-order valence-electron chi connectivity index (χ1n) is 7.14. The zero-order valence-corrected chi connectivity index (χ0v) is 11.9. The molecule has 19 heavy (non-hydrogen) atoms. The average Bonchev–Trinajstić information content (AvgIpc) is 2.78. The summed E-state index contributed by atoms with van der Waals surface area (Å²) in [6, 6.07) is 0. The van der Waals surface area contributed by atoms with Crippen LogP contribution in [0.4, 0.5) is 11.5 Å². The lowest BCUT2D eigenvalue weighted by atomic mass is 10.2. The molecule has 0 bridgehead atoms. The maximum Gasteiger partial charge on any atom is 0.330 e. The van der Waals surface area contributed by atoms with E-state index >= 15 is 0 Å². The van der Waals surface area contributed by atoms with Crippen LogP contribution in [0.1, 0.15) is 52.4 Å². The van der Waals surface area contributed by atoms with E-state index in [9.17, 15) is 10.1 Å². The van der Waals surface area contributed by atoms with Gasteiger partial charge in [-0.25, -0.2) is 4.68 Å². The monoisotopic (exact) mass is 268 g/mol. The Hall–Kier alpha value is -1.59. The molecule has 1 aromatic rings. The Bertz CT molecular complexity index is 390. The van der Waals surface area contributed by atoms with Gasteiger partial charge in [0, 0.05) is 13.1 Å². The molecule has 0 aliphatic carbocycles. The van der Waals surface area contributed by atoms with E-state index in [4.69, 9.17) is 0 Å². The van der Waals surface area contributed by atoms with E-state index in [1.165, 1.54) is 6.20 Å². The number of nitrogens with zero attached hydrogens (tertiary/aromatic N) is 3. The van der Waals surface area contributed by atoms with Crippen molar-refractivity contribution in [2.75, 3.05) is 11.9 Å². The fraction of sp³-hybridized carbons (Fsp3) is 0.769. The van der Waals surface area contributed by atoms with E-state index < -0.39 is 0 Å². The van der Waals surface area contributed by atoms with Gasteiger partial charge < -0.3 is 5.32 Å².